The van der Waals surface area contributed by atoms with Crippen LogP contribution in [0.15, 0.2) is 0 Å². The number of nitrogens with one attached hydrogen (secondary N) is 1. The fourth-order valence-corrected chi connectivity index (χ4v) is 2.92. The predicted octanol–water partition coefficient (Wildman–Crippen LogP) is 1.22. The summed E-state index contributed by atoms with van der Waals surface area (Å²) in [5.74, 6) is 0. The van der Waals surface area contributed by atoms with E-state index in [1.54, 1.807) is 0 Å². The maximum Gasteiger partial charge on any atom is 0.0206 e. The Balaban J connectivity index is 1.63. The molecule has 1 spiro atoms. The molecule has 13 heavy (non-hydrogen) atoms. The number of piperidine rings is 1. The Hall–Kier alpha value is -0.0800. The number of nitrogens with zero attached hydrogens (tertiary/aromatic N) is 1. The van der Waals surface area contributed by atoms with E-state index in [2.05, 4.69) is 17.1 Å². The molecule has 2 heterocycles. The SMILES string of the molecule is CC1(N2CC3(CC3)C2)CCNCC1. The van der Waals surface area contributed by atoms with Gasteiger partial charge in [-0.05, 0) is 51.1 Å². The average Bonchev–Trinajstić information content (AvgIpc) is 2.81. The quantitative estimate of drug-likeness (QED) is 0.653. The van der Waals surface area contributed by atoms with Crippen molar-refractivity contribution in [3.05, 3.63) is 0 Å². The molecule has 0 aromatic carbocycles. The van der Waals surface area contributed by atoms with Gasteiger partial charge in [0, 0.05) is 18.6 Å². The highest BCUT2D eigenvalue weighted by Crippen LogP contribution is 2.55. The first-order valence-corrected chi connectivity index (χ1v) is 5.68. The second kappa shape index (κ2) is 2.48. The molecule has 0 radical (unpaired) electrons. The summed E-state index contributed by atoms with van der Waals surface area (Å²) < 4.78 is 0. The fourth-order valence-electron chi connectivity index (χ4n) is 2.92. The number of rotatable bonds is 1. The summed E-state index contributed by atoms with van der Waals surface area (Å²) in [6, 6.07) is 0. The summed E-state index contributed by atoms with van der Waals surface area (Å²) >= 11 is 0. The molecule has 74 valence electrons. The van der Waals surface area contributed by atoms with Crippen LogP contribution >= 0.6 is 0 Å². The summed E-state index contributed by atoms with van der Waals surface area (Å²) in [7, 11) is 0. The zero-order chi connectivity index (χ0) is 8.94. The lowest BCUT2D eigenvalue weighted by atomic mass is 9.82. The van der Waals surface area contributed by atoms with Crippen molar-refractivity contribution in [2.45, 2.75) is 38.1 Å². The molecule has 1 N–H and O–H groups in total. The molecule has 2 aliphatic heterocycles. The first-order valence-electron chi connectivity index (χ1n) is 5.68. The summed E-state index contributed by atoms with van der Waals surface area (Å²) in [5.41, 5.74) is 1.37. The first kappa shape index (κ1) is 8.25. The van der Waals surface area contributed by atoms with Gasteiger partial charge in [0.1, 0.15) is 0 Å². The Morgan fingerprint density at radius 3 is 2.15 bits per heavy atom. The minimum absolute atomic E-state index is 0.541. The summed E-state index contributed by atoms with van der Waals surface area (Å²) in [5, 5.41) is 3.45. The van der Waals surface area contributed by atoms with Crippen molar-refractivity contribution in [2.75, 3.05) is 26.2 Å². The molecule has 0 atom stereocenters. The molecule has 2 nitrogen and oxygen atoms in total. The molecule has 2 saturated heterocycles. The molecule has 3 fully saturated rings. The smallest absolute Gasteiger partial charge is 0.0206 e. The third-order valence-corrected chi connectivity index (χ3v) is 4.45. The van der Waals surface area contributed by atoms with Gasteiger partial charge in [0.25, 0.3) is 0 Å². The fraction of sp³-hybridized carbons (Fsp3) is 1.00. The van der Waals surface area contributed by atoms with E-state index < -0.39 is 0 Å². The minimum Gasteiger partial charge on any atom is -0.317 e. The highest BCUT2D eigenvalue weighted by atomic mass is 15.3. The van der Waals surface area contributed by atoms with Crippen LogP contribution in [0, 0.1) is 5.41 Å². The molecule has 1 aliphatic carbocycles. The summed E-state index contributed by atoms with van der Waals surface area (Å²) in [6.45, 7) is 7.72. The molecule has 0 unspecified atom stereocenters. The molecule has 0 aromatic heterocycles. The van der Waals surface area contributed by atoms with E-state index in [1.165, 1.54) is 51.9 Å². The topological polar surface area (TPSA) is 15.3 Å². The zero-order valence-corrected chi connectivity index (χ0v) is 8.60. The van der Waals surface area contributed by atoms with Crippen molar-refractivity contribution in [2.24, 2.45) is 5.41 Å². The normalized spacial score (nSPS) is 35.8. The van der Waals surface area contributed by atoms with E-state index in [9.17, 15) is 0 Å². The van der Waals surface area contributed by atoms with Crippen molar-refractivity contribution in [1.82, 2.24) is 10.2 Å². The van der Waals surface area contributed by atoms with Crippen molar-refractivity contribution in [3.63, 3.8) is 0 Å². The Kier molecular flexibility index (Phi) is 1.58. The Labute approximate surface area is 80.7 Å². The number of hydrogen-bond acceptors (Lipinski definition) is 2. The van der Waals surface area contributed by atoms with Crippen LogP contribution in [0.4, 0.5) is 0 Å². The standard InChI is InChI=1S/C11H20N2/c1-10(4-6-12-7-5-10)13-8-11(9-13)2-3-11/h12H,2-9H2,1H3. The Morgan fingerprint density at radius 1 is 1.00 bits per heavy atom. The maximum absolute atomic E-state index is 3.45. The first-order chi connectivity index (χ1) is 6.23. The van der Waals surface area contributed by atoms with Crippen molar-refractivity contribution >= 4 is 0 Å². The Morgan fingerprint density at radius 2 is 1.62 bits per heavy atom. The van der Waals surface area contributed by atoms with Gasteiger partial charge < -0.3 is 5.32 Å². The molecule has 0 amide bonds. The predicted molar refractivity (Wildman–Crippen MR) is 53.7 cm³/mol. The van der Waals surface area contributed by atoms with Crippen LogP contribution in [0.25, 0.3) is 0 Å². The number of likely N-dealkylation sites (tertiary alicyclic amines) is 1. The molecule has 0 aromatic rings. The molecular weight excluding hydrogens is 160 g/mol. The second-order valence-corrected chi connectivity index (χ2v) is 5.60. The second-order valence-electron chi connectivity index (χ2n) is 5.60. The molecule has 3 aliphatic rings. The van der Waals surface area contributed by atoms with Gasteiger partial charge in [-0.15, -0.1) is 0 Å². The van der Waals surface area contributed by atoms with Crippen LogP contribution in [-0.4, -0.2) is 36.6 Å². The van der Waals surface area contributed by atoms with Gasteiger partial charge in [-0.3, -0.25) is 4.90 Å². The number of hydrogen-bond donors (Lipinski definition) is 1. The van der Waals surface area contributed by atoms with Crippen LogP contribution in [0.2, 0.25) is 0 Å². The van der Waals surface area contributed by atoms with Gasteiger partial charge in [0.15, 0.2) is 0 Å². The van der Waals surface area contributed by atoms with Gasteiger partial charge in [0.2, 0.25) is 0 Å². The van der Waals surface area contributed by atoms with Gasteiger partial charge in [-0.2, -0.15) is 0 Å². The van der Waals surface area contributed by atoms with E-state index >= 15 is 0 Å². The highest BCUT2D eigenvalue weighted by molar-refractivity contribution is 5.10. The summed E-state index contributed by atoms with van der Waals surface area (Å²) in [6.07, 6.45) is 5.72. The summed E-state index contributed by atoms with van der Waals surface area (Å²) in [4.78, 5) is 2.74. The molecule has 2 heteroatoms. The molecule has 3 rings (SSSR count). The maximum atomic E-state index is 3.45. The monoisotopic (exact) mass is 180 g/mol. The third kappa shape index (κ3) is 1.23. The zero-order valence-electron chi connectivity index (χ0n) is 8.60. The van der Waals surface area contributed by atoms with Crippen molar-refractivity contribution in [1.29, 1.82) is 0 Å². The average molecular weight is 180 g/mol. The molecular formula is C11H20N2. The van der Waals surface area contributed by atoms with Gasteiger partial charge in [0.05, 0.1) is 0 Å². The minimum atomic E-state index is 0.541. The van der Waals surface area contributed by atoms with Crippen molar-refractivity contribution in [3.8, 4) is 0 Å². The van der Waals surface area contributed by atoms with Crippen LogP contribution in [0.5, 0.6) is 0 Å². The molecule has 1 saturated carbocycles. The highest BCUT2D eigenvalue weighted by Gasteiger charge is 2.56. The largest absolute Gasteiger partial charge is 0.317 e. The van der Waals surface area contributed by atoms with E-state index in [0.717, 1.165) is 5.41 Å². The van der Waals surface area contributed by atoms with E-state index in [-0.39, 0.29) is 0 Å². The van der Waals surface area contributed by atoms with Crippen LogP contribution in [0.3, 0.4) is 0 Å². The van der Waals surface area contributed by atoms with Crippen LogP contribution < -0.4 is 5.32 Å². The molecule has 0 bridgehead atoms. The van der Waals surface area contributed by atoms with Gasteiger partial charge in [-0.25, -0.2) is 0 Å². The van der Waals surface area contributed by atoms with E-state index in [4.69, 9.17) is 0 Å². The lowest BCUT2D eigenvalue weighted by molar-refractivity contribution is -0.0351. The third-order valence-electron chi connectivity index (χ3n) is 4.45. The van der Waals surface area contributed by atoms with Crippen LogP contribution in [-0.2, 0) is 0 Å². The van der Waals surface area contributed by atoms with Gasteiger partial charge in [-0.1, -0.05) is 0 Å². The van der Waals surface area contributed by atoms with E-state index in [1.807, 2.05) is 0 Å². The van der Waals surface area contributed by atoms with Gasteiger partial charge >= 0.3 is 0 Å². The van der Waals surface area contributed by atoms with Crippen LogP contribution in [0.1, 0.15) is 32.6 Å². The lowest BCUT2D eigenvalue weighted by Gasteiger charge is -2.53. The lowest BCUT2D eigenvalue weighted by Crippen LogP contribution is -2.62. The Bertz CT molecular complexity index is 206. The van der Waals surface area contributed by atoms with E-state index in [0.29, 0.717) is 5.54 Å². The van der Waals surface area contributed by atoms with Crippen molar-refractivity contribution < 1.29 is 0 Å².